The van der Waals surface area contributed by atoms with Crippen LogP contribution in [0.25, 0.3) is 22.3 Å². The lowest BCUT2D eigenvalue weighted by molar-refractivity contribution is -0.155. The minimum Gasteiger partial charge on any atom is -0.479 e. The van der Waals surface area contributed by atoms with Gasteiger partial charge in [0.1, 0.15) is 31.2 Å². The summed E-state index contributed by atoms with van der Waals surface area (Å²) in [6, 6.07) is 8.72. The summed E-state index contributed by atoms with van der Waals surface area (Å²) in [6.45, 7) is -1.21. The van der Waals surface area contributed by atoms with Gasteiger partial charge in [0.2, 0.25) is 11.8 Å². The Balaban J connectivity index is 1.39. The Morgan fingerprint density at radius 1 is 0.655 bits per heavy atom. The van der Waals surface area contributed by atoms with E-state index in [1.165, 1.54) is 37.8 Å². The molecule has 2 heterocycles. The van der Waals surface area contributed by atoms with Crippen molar-refractivity contribution in [2.45, 2.75) is 55.9 Å². The number of aliphatic hydroxyl groups is 4. The molecule has 0 saturated heterocycles. The van der Waals surface area contributed by atoms with E-state index < -0.39 is 66.9 Å². The Morgan fingerprint density at radius 2 is 1.16 bits per heavy atom. The second-order valence-electron chi connectivity index (χ2n) is 12.7. The molecule has 2 amide bonds. The topological polar surface area (TPSA) is 271 Å². The first-order chi connectivity index (χ1) is 27.5. The molecule has 21 heteroatoms. The van der Waals surface area contributed by atoms with Crippen LogP contribution in [0.3, 0.4) is 0 Å². The van der Waals surface area contributed by atoms with Crippen LogP contribution in [0.4, 0.5) is 0 Å². The van der Waals surface area contributed by atoms with Gasteiger partial charge < -0.3 is 50.7 Å². The van der Waals surface area contributed by atoms with Crippen LogP contribution < -0.4 is 10.6 Å². The van der Waals surface area contributed by atoms with E-state index in [2.05, 4.69) is 25.6 Å². The molecule has 0 fully saturated rings. The highest BCUT2D eigenvalue weighted by Gasteiger charge is 2.34. The van der Waals surface area contributed by atoms with E-state index in [-0.39, 0.29) is 41.9 Å². The third kappa shape index (κ3) is 13.0. The predicted octanol–water partition coefficient (Wildman–Crippen LogP) is 2.35. The predicted molar refractivity (Wildman–Crippen MR) is 209 cm³/mol. The van der Waals surface area contributed by atoms with Crippen LogP contribution in [0.2, 0.25) is 20.1 Å². The number of hydrogen-bond acceptors (Lipinski definition) is 13. The van der Waals surface area contributed by atoms with Gasteiger partial charge in [-0.1, -0.05) is 52.5 Å². The molecule has 58 heavy (non-hydrogen) atoms. The van der Waals surface area contributed by atoms with E-state index in [9.17, 15) is 44.7 Å². The fourth-order valence-corrected chi connectivity index (χ4v) is 6.62. The number of aromatic nitrogens is 3. The molecule has 17 nitrogen and oxygen atoms in total. The van der Waals surface area contributed by atoms with Gasteiger partial charge in [-0.3, -0.25) is 14.6 Å². The maximum atomic E-state index is 12.9. The molecule has 0 saturated carbocycles. The number of nitrogens with zero attached hydrogens (tertiary/aromatic N) is 3. The highest BCUT2D eigenvalue weighted by molar-refractivity contribution is 6.36. The zero-order chi connectivity index (χ0) is 42.7. The van der Waals surface area contributed by atoms with Gasteiger partial charge in [-0.25, -0.2) is 19.6 Å². The number of benzene rings is 2. The average Bonchev–Trinajstić information content (AvgIpc) is 3.17. The number of aliphatic hydroxyl groups excluding tert-OH is 4. The maximum absolute atomic E-state index is 12.9. The summed E-state index contributed by atoms with van der Waals surface area (Å²) in [6.07, 6.45) is -4.39. The average molecular weight is 886 g/mol. The molecule has 0 aliphatic heterocycles. The fourth-order valence-electron chi connectivity index (χ4n) is 5.50. The Kier molecular flexibility index (Phi) is 17.1. The summed E-state index contributed by atoms with van der Waals surface area (Å²) in [5, 5.41) is 65.4. The zero-order valence-electron chi connectivity index (χ0n) is 30.3. The first-order valence-electron chi connectivity index (χ1n) is 17.0. The number of amides is 2. The summed E-state index contributed by atoms with van der Waals surface area (Å²) >= 11 is 25.2. The van der Waals surface area contributed by atoms with Crippen molar-refractivity contribution in [1.29, 1.82) is 0 Å². The molecular formula is C37H37Cl4N5O12. The molecule has 2 aromatic carbocycles. The number of carbonyl (C=O) groups excluding carboxylic acids is 2. The molecule has 0 spiro atoms. The number of methoxy groups -OCH3 is 1. The lowest BCUT2D eigenvalue weighted by Gasteiger charge is -2.26. The Morgan fingerprint density at radius 3 is 1.66 bits per heavy atom. The normalized spacial score (nSPS) is 14.4. The molecule has 4 rings (SSSR count). The molecule has 0 aliphatic carbocycles. The molecule has 2 aromatic heterocycles. The summed E-state index contributed by atoms with van der Waals surface area (Å²) < 4.78 is 10.3. The number of ether oxygens (including phenoxy) is 2. The monoisotopic (exact) mass is 883 g/mol. The van der Waals surface area contributed by atoms with Crippen molar-refractivity contribution in [3.8, 4) is 22.3 Å². The zero-order valence-corrected chi connectivity index (χ0v) is 33.3. The van der Waals surface area contributed by atoms with Crippen molar-refractivity contribution in [1.82, 2.24) is 25.6 Å². The highest BCUT2D eigenvalue weighted by Crippen LogP contribution is 2.32. The number of carboxylic acids is 2. The molecule has 0 unspecified atom stereocenters. The number of aliphatic carboxylic acids is 2. The van der Waals surface area contributed by atoms with Gasteiger partial charge in [0.15, 0.2) is 12.2 Å². The minimum atomic E-state index is -2.23. The van der Waals surface area contributed by atoms with Crippen molar-refractivity contribution in [2.75, 3.05) is 20.3 Å². The molecule has 0 radical (unpaired) electrons. The first-order valence-corrected chi connectivity index (χ1v) is 18.5. The number of nitrogens with one attached hydrogen (secondary N) is 2. The van der Waals surface area contributed by atoms with Crippen LogP contribution in [-0.4, -0.2) is 126 Å². The van der Waals surface area contributed by atoms with Gasteiger partial charge in [0, 0.05) is 81.0 Å². The molecule has 4 aromatic rings. The van der Waals surface area contributed by atoms with E-state index in [1.807, 2.05) is 0 Å². The van der Waals surface area contributed by atoms with Crippen molar-refractivity contribution in [2.24, 2.45) is 0 Å². The summed E-state index contributed by atoms with van der Waals surface area (Å²) in [5.41, 5.74) is 2.92. The van der Waals surface area contributed by atoms with Crippen LogP contribution in [-0.2, 0) is 48.1 Å². The van der Waals surface area contributed by atoms with E-state index >= 15 is 0 Å². The lowest BCUT2D eigenvalue weighted by Crippen LogP contribution is -2.52. The lowest BCUT2D eigenvalue weighted by atomic mass is 9.99. The van der Waals surface area contributed by atoms with Crippen LogP contribution >= 0.6 is 46.4 Å². The van der Waals surface area contributed by atoms with Crippen LogP contribution in [0.15, 0.2) is 61.1 Å². The van der Waals surface area contributed by atoms with Crippen LogP contribution in [0.1, 0.15) is 17.1 Å². The maximum Gasteiger partial charge on any atom is 0.335 e. The number of pyridine rings is 1. The number of halogens is 4. The first kappa shape index (κ1) is 46.2. The molecule has 8 N–H and O–H groups in total. The largest absolute Gasteiger partial charge is 0.479 e. The van der Waals surface area contributed by atoms with E-state index in [0.717, 1.165) is 0 Å². The van der Waals surface area contributed by atoms with Crippen molar-refractivity contribution in [3.63, 3.8) is 0 Å². The smallest absolute Gasteiger partial charge is 0.335 e. The minimum absolute atomic E-state index is 0.0876. The Labute approximate surface area is 350 Å². The second kappa shape index (κ2) is 21.5. The van der Waals surface area contributed by atoms with Gasteiger partial charge in [-0.15, -0.1) is 0 Å². The van der Waals surface area contributed by atoms with Crippen molar-refractivity contribution >= 4 is 70.2 Å². The second-order valence-corrected chi connectivity index (χ2v) is 14.4. The van der Waals surface area contributed by atoms with Gasteiger partial charge in [0.05, 0.1) is 18.7 Å². The summed E-state index contributed by atoms with van der Waals surface area (Å²) in [5.74, 6) is -4.75. The van der Waals surface area contributed by atoms with Gasteiger partial charge in [0.25, 0.3) is 0 Å². The Bertz CT molecular complexity index is 2040. The van der Waals surface area contributed by atoms with Crippen molar-refractivity contribution in [3.05, 3.63) is 98.2 Å². The SMILES string of the molecule is COCC(=O)N[C@@H](Cc1ncc(-c2cc(Cl)c(COCC(=O)N[C@@H](Cc3ccc(-c4cc(Cl)cc(Cl)c4)cn3)[C@H](O)[C@@H](O)C(=O)O)c(Cl)c2)cn1)[C@H](O)[C@@H](O)C(=O)O. The van der Waals surface area contributed by atoms with E-state index in [4.69, 9.17) is 61.0 Å². The van der Waals surface area contributed by atoms with E-state index in [1.54, 1.807) is 30.3 Å². The molecule has 0 bridgehead atoms. The third-order valence-electron chi connectivity index (χ3n) is 8.46. The highest BCUT2D eigenvalue weighted by atomic mass is 35.5. The van der Waals surface area contributed by atoms with Gasteiger partial charge in [-0.2, -0.15) is 0 Å². The van der Waals surface area contributed by atoms with Crippen LogP contribution in [0.5, 0.6) is 0 Å². The fraction of sp³-hybridized carbons (Fsp3) is 0.324. The van der Waals surface area contributed by atoms with Crippen LogP contribution in [0, 0.1) is 0 Å². The Hall–Kier alpha value is -4.53. The summed E-state index contributed by atoms with van der Waals surface area (Å²) in [7, 11) is 1.27. The molecule has 0 aliphatic rings. The van der Waals surface area contributed by atoms with Gasteiger partial charge in [-0.05, 0) is 47.5 Å². The molecule has 310 valence electrons. The van der Waals surface area contributed by atoms with Crippen molar-refractivity contribution < 1.29 is 59.3 Å². The number of carboxylic acid groups (broad SMARTS) is 2. The standard InChI is InChI=1S/C37H37Cl4N5O12/c1-57-15-30(47)46-28(33(50)35(52)37(55)56)10-29-43-12-20(13-44-29)19-6-25(40)24(26(41)7-19)14-58-16-31(48)45-27(32(49)34(51)36(53)54)9-23-3-2-17(11-42-23)18-4-21(38)8-22(39)5-18/h2-8,11-13,27-28,32-35,49-52H,9-10,14-16H2,1H3,(H,45,48)(H,46,47)(H,53,54)(H,55,56)/t27-,28-,32-,33-,34+,35+/m0/s1. The number of rotatable bonds is 20. The van der Waals surface area contributed by atoms with E-state index in [0.29, 0.717) is 43.6 Å². The summed E-state index contributed by atoms with van der Waals surface area (Å²) in [4.78, 5) is 60.5. The molecular weight excluding hydrogens is 848 g/mol. The third-order valence-corrected chi connectivity index (χ3v) is 9.57. The molecule has 6 atom stereocenters. The number of carbonyl (C=O) groups is 4. The quantitative estimate of drug-likeness (QED) is 0.0633. The van der Waals surface area contributed by atoms with Gasteiger partial charge >= 0.3 is 11.9 Å². The number of hydrogen-bond donors (Lipinski definition) is 8.